The molecule has 2 aromatic rings. The van der Waals surface area contributed by atoms with Crippen LogP contribution in [-0.4, -0.2) is 60.6 Å². The van der Waals surface area contributed by atoms with Gasteiger partial charge in [0.25, 0.3) is 0 Å². The fourth-order valence-electron chi connectivity index (χ4n) is 3.63. The summed E-state index contributed by atoms with van der Waals surface area (Å²) in [5, 5.41) is 3.02. The molecule has 0 bridgehead atoms. The Kier molecular flexibility index (Phi) is 6.87. The number of aromatic nitrogens is 1. The number of rotatable bonds is 6. The fraction of sp³-hybridized carbons (Fsp3) is 0.455. The van der Waals surface area contributed by atoms with E-state index in [-0.39, 0.29) is 6.03 Å². The highest BCUT2D eigenvalue weighted by molar-refractivity contribution is 5.91. The smallest absolute Gasteiger partial charge is 0.322 e. The van der Waals surface area contributed by atoms with Crippen LogP contribution in [-0.2, 0) is 6.42 Å². The molecule has 1 N–H and O–H groups in total. The van der Waals surface area contributed by atoms with Crippen molar-refractivity contribution in [1.82, 2.24) is 14.8 Å². The second kappa shape index (κ2) is 9.55. The van der Waals surface area contributed by atoms with Crippen molar-refractivity contribution in [1.29, 1.82) is 0 Å². The molecule has 2 amide bonds. The van der Waals surface area contributed by atoms with Crippen molar-refractivity contribution in [2.24, 2.45) is 0 Å². The summed E-state index contributed by atoms with van der Waals surface area (Å²) in [5.41, 5.74) is 2.91. The van der Waals surface area contributed by atoms with E-state index >= 15 is 0 Å². The van der Waals surface area contributed by atoms with Crippen LogP contribution in [0.25, 0.3) is 0 Å². The van der Waals surface area contributed by atoms with E-state index in [1.54, 1.807) is 7.11 Å². The third kappa shape index (κ3) is 5.23. The Morgan fingerprint density at radius 1 is 1.36 bits per heavy atom. The van der Waals surface area contributed by atoms with Gasteiger partial charge >= 0.3 is 6.03 Å². The quantitative estimate of drug-likeness (QED) is 0.830. The number of carbonyl (C=O) groups is 1. The molecule has 0 aliphatic carbocycles. The highest BCUT2D eigenvalue weighted by Gasteiger charge is 2.26. The number of pyridine rings is 1. The zero-order valence-corrected chi connectivity index (χ0v) is 17.0. The van der Waals surface area contributed by atoms with Crippen LogP contribution in [0.15, 0.2) is 42.6 Å². The SMILES string of the molecule is COc1ccc(C)cc1NC(=O)N1CCCC(N(C)CCc2ccccn2)C1. The Bertz CT molecular complexity index is 781. The largest absolute Gasteiger partial charge is 0.495 e. The van der Waals surface area contributed by atoms with Crippen LogP contribution >= 0.6 is 0 Å². The van der Waals surface area contributed by atoms with Gasteiger partial charge in [0.05, 0.1) is 12.8 Å². The van der Waals surface area contributed by atoms with Crippen molar-refractivity contribution in [3.05, 3.63) is 53.9 Å². The van der Waals surface area contributed by atoms with E-state index in [0.29, 0.717) is 11.8 Å². The summed E-state index contributed by atoms with van der Waals surface area (Å²) in [4.78, 5) is 21.5. The summed E-state index contributed by atoms with van der Waals surface area (Å²) in [7, 11) is 3.76. The Labute approximate surface area is 167 Å². The van der Waals surface area contributed by atoms with Crippen LogP contribution in [0.1, 0.15) is 24.1 Å². The van der Waals surface area contributed by atoms with E-state index < -0.39 is 0 Å². The van der Waals surface area contributed by atoms with Crippen LogP contribution < -0.4 is 10.1 Å². The summed E-state index contributed by atoms with van der Waals surface area (Å²) in [6.07, 6.45) is 4.87. The minimum Gasteiger partial charge on any atom is -0.495 e. The number of hydrogen-bond donors (Lipinski definition) is 1. The predicted octanol–water partition coefficient (Wildman–Crippen LogP) is 3.57. The first kappa shape index (κ1) is 20.1. The van der Waals surface area contributed by atoms with Crippen LogP contribution in [0.2, 0.25) is 0 Å². The van der Waals surface area contributed by atoms with Crippen LogP contribution in [0.3, 0.4) is 0 Å². The van der Waals surface area contributed by atoms with Gasteiger partial charge in [-0.3, -0.25) is 4.98 Å². The van der Waals surface area contributed by atoms with Crippen LogP contribution in [0.4, 0.5) is 10.5 Å². The van der Waals surface area contributed by atoms with Crippen molar-refractivity contribution >= 4 is 11.7 Å². The third-order valence-corrected chi connectivity index (χ3v) is 5.35. The van der Waals surface area contributed by atoms with Gasteiger partial charge in [-0.1, -0.05) is 12.1 Å². The number of hydrogen-bond acceptors (Lipinski definition) is 4. The topological polar surface area (TPSA) is 57.7 Å². The number of aryl methyl sites for hydroxylation is 1. The average molecular weight is 383 g/mol. The first-order chi connectivity index (χ1) is 13.6. The number of carbonyl (C=O) groups excluding carboxylic acids is 1. The van der Waals surface area contributed by atoms with Crippen molar-refractivity contribution in [3.63, 3.8) is 0 Å². The summed E-state index contributed by atoms with van der Waals surface area (Å²) in [6.45, 7) is 4.45. The highest BCUT2D eigenvalue weighted by Crippen LogP contribution is 2.26. The second-order valence-electron chi connectivity index (χ2n) is 7.43. The lowest BCUT2D eigenvalue weighted by molar-refractivity contribution is 0.133. The van der Waals surface area contributed by atoms with Gasteiger partial charge in [-0.05, 0) is 56.6 Å². The lowest BCUT2D eigenvalue weighted by Gasteiger charge is -2.37. The van der Waals surface area contributed by atoms with E-state index in [0.717, 1.165) is 55.8 Å². The van der Waals surface area contributed by atoms with Gasteiger partial charge in [0.2, 0.25) is 0 Å². The molecule has 0 radical (unpaired) electrons. The Morgan fingerprint density at radius 2 is 2.21 bits per heavy atom. The summed E-state index contributed by atoms with van der Waals surface area (Å²) in [5.74, 6) is 0.681. The van der Waals surface area contributed by atoms with Crippen molar-refractivity contribution < 1.29 is 9.53 Å². The number of likely N-dealkylation sites (tertiary alicyclic amines) is 1. The summed E-state index contributed by atoms with van der Waals surface area (Å²) < 4.78 is 5.37. The average Bonchev–Trinajstić information content (AvgIpc) is 2.73. The molecule has 1 aromatic carbocycles. The van der Waals surface area contributed by atoms with Crippen LogP contribution in [0.5, 0.6) is 5.75 Å². The predicted molar refractivity (Wildman–Crippen MR) is 112 cm³/mol. The molecule has 2 heterocycles. The van der Waals surface area contributed by atoms with E-state index in [4.69, 9.17) is 4.74 Å². The number of methoxy groups -OCH3 is 1. The number of urea groups is 1. The van der Waals surface area contributed by atoms with E-state index in [1.165, 1.54) is 0 Å². The molecule has 1 aliphatic rings. The van der Waals surface area contributed by atoms with Gasteiger partial charge in [-0.25, -0.2) is 4.79 Å². The molecule has 0 spiro atoms. The van der Waals surface area contributed by atoms with Crippen molar-refractivity contribution in [3.8, 4) is 5.75 Å². The second-order valence-corrected chi connectivity index (χ2v) is 7.43. The molecule has 6 heteroatoms. The van der Waals surface area contributed by atoms with Gasteiger partial charge in [0.15, 0.2) is 0 Å². The number of nitrogens with one attached hydrogen (secondary N) is 1. The van der Waals surface area contributed by atoms with Gasteiger partial charge in [0, 0.05) is 44.0 Å². The summed E-state index contributed by atoms with van der Waals surface area (Å²) in [6, 6.07) is 12.1. The minimum atomic E-state index is -0.0632. The Morgan fingerprint density at radius 3 is 2.96 bits per heavy atom. The standard InChI is InChI=1S/C22H30N4O2/c1-17-9-10-21(28-3)20(15-17)24-22(27)26-13-6-8-19(16-26)25(2)14-11-18-7-4-5-12-23-18/h4-5,7,9-10,12,15,19H,6,8,11,13-14,16H2,1-3H3,(H,24,27). The number of amides is 2. The van der Waals surface area contributed by atoms with Crippen molar-refractivity contribution in [2.75, 3.05) is 39.1 Å². The molecule has 6 nitrogen and oxygen atoms in total. The van der Waals surface area contributed by atoms with Gasteiger partial charge in [-0.15, -0.1) is 0 Å². The molecule has 1 aromatic heterocycles. The van der Waals surface area contributed by atoms with Crippen LogP contribution in [0, 0.1) is 6.92 Å². The first-order valence-corrected chi connectivity index (χ1v) is 9.87. The van der Waals surface area contributed by atoms with Gasteiger partial charge in [0.1, 0.15) is 5.75 Å². The third-order valence-electron chi connectivity index (χ3n) is 5.35. The molecular formula is C22H30N4O2. The Hall–Kier alpha value is -2.60. The van der Waals surface area contributed by atoms with E-state index in [9.17, 15) is 4.79 Å². The molecule has 150 valence electrons. The highest BCUT2D eigenvalue weighted by atomic mass is 16.5. The number of ether oxygens (including phenoxy) is 1. The number of benzene rings is 1. The van der Waals surface area contributed by atoms with E-state index in [1.807, 2.05) is 48.4 Å². The van der Waals surface area contributed by atoms with Gasteiger partial charge < -0.3 is 19.9 Å². The van der Waals surface area contributed by atoms with E-state index in [2.05, 4.69) is 28.3 Å². The lowest BCUT2D eigenvalue weighted by Crippen LogP contribution is -2.50. The molecule has 1 atom stereocenters. The first-order valence-electron chi connectivity index (χ1n) is 9.87. The maximum atomic E-state index is 12.8. The number of nitrogens with zero attached hydrogens (tertiary/aromatic N) is 3. The minimum absolute atomic E-state index is 0.0632. The maximum absolute atomic E-state index is 12.8. The normalized spacial score (nSPS) is 16.9. The zero-order chi connectivity index (χ0) is 19.9. The summed E-state index contributed by atoms with van der Waals surface area (Å²) >= 11 is 0. The maximum Gasteiger partial charge on any atom is 0.322 e. The van der Waals surface area contributed by atoms with Crippen molar-refractivity contribution in [2.45, 2.75) is 32.2 Å². The molecule has 3 rings (SSSR count). The molecule has 28 heavy (non-hydrogen) atoms. The monoisotopic (exact) mass is 382 g/mol. The van der Waals surface area contributed by atoms with Gasteiger partial charge in [-0.2, -0.15) is 0 Å². The Balaban J connectivity index is 1.56. The number of anilines is 1. The molecule has 0 saturated carbocycles. The fourth-order valence-corrected chi connectivity index (χ4v) is 3.63. The molecule has 1 saturated heterocycles. The number of likely N-dealkylation sites (N-methyl/N-ethyl adjacent to an activating group) is 1. The zero-order valence-electron chi connectivity index (χ0n) is 17.0. The lowest BCUT2D eigenvalue weighted by atomic mass is 10.0. The molecule has 1 unspecified atom stereocenters. The number of piperidine rings is 1. The molecular weight excluding hydrogens is 352 g/mol. The molecule has 1 aliphatic heterocycles. The molecule has 1 fully saturated rings.